The van der Waals surface area contributed by atoms with Crippen LogP contribution >= 0.6 is 0 Å². The van der Waals surface area contributed by atoms with Gasteiger partial charge in [0.1, 0.15) is 5.69 Å². The molecule has 0 saturated carbocycles. The number of rotatable bonds is 2. The van der Waals surface area contributed by atoms with Gasteiger partial charge in [-0.3, -0.25) is 14.5 Å². The number of alkyl halides is 3. The maximum Gasteiger partial charge on any atom is 0.439 e. The van der Waals surface area contributed by atoms with Crippen LogP contribution in [0.25, 0.3) is 11.5 Å². The molecular formula is C9H6F3N3O2. The quantitative estimate of drug-likeness (QED) is 0.870. The van der Waals surface area contributed by atoms with Gasteiger partial charge in [-0.25, -0.2) is 4.79 Å². The molecule has 0 aliphatic rings. The molecule has 1 N–H and O–H groups in total. The fourth-order valence-corrected chi connectivity index (χ4v) is 1.24. The Labute approximate surface area is 92.3 Å². The molecule has 5 nitrogen and oxygen atoms in total. The molecule has 17 heavy (non-hydrogen) atoms. The Morgan fingerprint density at radius 3 is 2.59 bits per heavy atom. The highest BCUT2D eigenvalue weighted by Gasteiger charge is 2.27. The molecular weight excluding hydrogens is 239 g/mol. The third kappa shape index (κ3) is 2.92. The Bertz CT molecular complexity index is 556. The van der Waals surface area contributed by atoms with Crippen molar-refractivity contribution in [2.75, 3.05) is 0 Å². The van der Waals surface area contributed by atoms with Gasteiger partial charge < -0.3 is 0 Å². The predicted octanol–water partition coefficient (Wildman–Crippen LogP) is 1.53. The third-order valence-electron chi connectivity index (χ3n) is 1.91. The summed E-state index contributed by atoms with van der Waals surface area (Å²) >= 11 is 0. The number of aromatic amines is 1. The zero-order chi connectivity index (χ0) is 12.5. The second-order valence-corrected chi connectivity index (χ2v) is 3.29. The summed E-state index contributed by atoms with van der Waals surface area (Å²) in [6, 6.07) is 2.59. The molecule has 0 saturated heterocycles. The zero-order valence-corrected chi connectivity index (χ0v) is 8.28. The molecule has 2 rings (SSSR count). The number of aromatic nitrogens is 3. The van der Waals surface area contributed by atoms with Gasteiger partial charge in [-0.05, 0) is 11.6 Å². The number of nitrogens with one attached hydrogen (secondary N) is 1. The van der Waals surface area contributed by atoms with Gasteiger partial charge in [0.05, 0.1) is 6.42 Å². The summed E-state index contributed by atoms with van der Waals surface area (Å²) in [6.07, 6.45) is -4.24. The molecule has 0 spiro atoms. The fourth-order valence-electron chi connectivity index (χ4n) is 1.24. The van der Waals surface area contributed by atoms with Crippen molar-refractivity contribution in [3.05, 3.63) is 34.4 Å². The molecule has 0 radical (unpaired) electrons. The Morgan fingerprint density at radius 1 is 1.35 bits per heavy atom. The van der Waals surface area contributed by atoms with Crippen LogP contribution in [0.15, 0.2) is 27.6 Å². The molecule has 90 valence electrons. The van der Waals surface area contributed by atoms with Crippen LogP contribution in [0.2, 0.25) is 0 Å². The highest BCUT2D eigenvalue weighted by atomic mass is 19.4. The van der Waals surface area contributed by atoms with Crippen molar-refractivity contribution in [3.63, 3.8) is 0 Å². The lowest BCUT2D eigenvalue weighted by Gasteiger charge is -2.05. The van der Waals surface area contributed by atoms with Gasteiger partial charge in [-0.2, -0.15) is 13.2 Å². The summed E-state index contributed by atoms with van der Waals surface area (Å²) < 4.78 is 40.4. The minimum atomic E-state index is -4.27. The Kier molecular flexibility index (Phi) is 2.70. The van der Waals surface area contributed by atoms with E-state index in [2.05, 4.69) is 19.6 Å². The minimum Gasteiger partial charge on any atom is -0.296 e. The van der Waals surface area contributed by atoms with Crippen molar-refractivity contribution < 1.29 is 17.7 Å². The molecule has 0 bridgehead atoms. The van der Waals surface area contributed by atoms with Gasteiger partial charge in [0.25, 0.3) is 0 Å². The van der Waals surface area contributed by atoms with Crippen molar-refractivity contribution in [2.24, 2.45) is 0 Å². The van der Waals surface area contributed by atoms with Crippen LogP contribution in [0.4, 0.5) is 13.2 Å². The number of hydrogen-bond acceptors (Lipinski definition) is 4. The van der Waals surface area contributed by atoms with Gasteiger partial charge in [0.15, 0.2) is 0 Å². The van der Waals surface area contributed by atoms with E-state index in [1.165, 1.54) is 12.1 Å². The van der Waals surface area contributed by atoms with E-state index in [-0.39, 0.29) is 17.1 Å². The Morgan fingerprint density at radius 2 is 2.12 bits per heavy atom. The van der Waals surface area contributed by atoms with E-state index in [4.69, 9.17) is 0 Å². The summed E-state index contributed by atoms with van der Waals surface area (Å²) in [5.74, 6) is -0.672. The monoisotopic (exact) mass is 245 g/mol. The first-order valence-corrected chi connectivity index (χ1v) is 4.52. The fraction of sp³-hybridized carbons (Fsp3) is 0.222. The average Bonchev–Trinajstić information content (AvgIpc) is 2.63. The minimum absolute atomic E-state index is 0.0343. The Balaban J connectivity index is 2.21. The third-order valence-corrected chi connectivity index (χ3v) is 1.91. The normalized spacial score (nSPS) is 11.7. The van der Waals surface area contributed by atoms with Crippen LogP contribution in [-0.2, 0) is 6.42 Å². The van der Waals surface area contributed by atoms with Gasteiger partial charge in [0.2, 0.25) is 5.82 Å². The van der Waals surface area contributed by atoms with Crippen LogP contribution in [0, 0.1) is 0 Å². The summed E-state index contributed by atoms with van der Waals surface area (Å²) in [5.41, 5.74) is 0.272. The highest BCUT2D eigenvalue weighted by molar-refractivity contribution is 5.47. The first-order valence-electron chi connectivity index (χ1n) is 4.52. The molecule has 2 aromatic rings. The maximum absolute atomic E-state index is 12.1. The second-order valence-electron chi connectivity index (χ2n) is 3.29. The summed E-state index contributed by atoms with van der Waals surface area (Å²) in [7, 11) is 0. The SMILES string of the molecule is O=c1[nH]c(-c2ccc(CC(F)(F)F)cn2)no1. The molecule has 0 amide bonds. The molecule has 0 aromatic carbocycles. The first-order chi connectivity index (χ1) is 7.94. The van der Waals surface area contributed by atoms with Crippen molar-refractivity contribution in [3.8, 4) is 11.5 Å². The van der Waals surface area contributed by atoms with E-state index in [0.717, 1.165) is 6.20 Å². The Hall–Kier alpha value is -2.12. The molecule has 0 aliphatic carbocycles. The first kappa shape index (κ1) is 11.4. The van der Waals surface area contributed by atoms with E-state index < -0.39 is 18.4 Å². The van der Waals surface area contributed by atoms with Crippen LogP contribution in [0.5, 0.6) is 0 Å². The molecule has 0 aliphatic heterocycles. The molecule has 0 unspecified atom stereocenters. The molecule has 2 aromatic heterocycles. The summed E-state index contributed by atoms with van der Waals surface area (Å²) in [6.45, 7) is 0. The molecule has 0 fully saturated rings. The van der Waals surface area contributed by atoms with Gasteiger partial charge in [-0.15, -0.1) is 0 Å². The van der Waals surface area contributed by atoms with Crippen molar-refractivity contribution in [1.29, 1.82) is 0 Å². The van der Waals surface area contributed by atoms with E-state index in [1.807, 2.05) is 0 Å². The van der Waals surface area contributed by atoms with Gasteiger partial charge in [-0.1, -0.05) is 11.2 Å². The van der Waals surface area contributed by atoms with Crippen molar-refractivity contribution in [1.82, 2.24) is 15.1 Å². The largest absolute Gasteiger partial charge is 0.439 e. The van der Waals surface area contributed by atoms with E-state index in [9.17, 15) is 18.0 Å². The van der Waals surface area contributed by atoms with Gasteiger partial charge >= 0.3 is 11.9 Å². The standard InChI is InChI=1S/C9H6F3N3O2/c10-9(11,12)3-5-1-2-6(13-4-5)7-14-8(16)17-15-7/h1-2,4H,3H2,(H,14,15,16). The van der Waals surface area contributed by atoms with Gasteiger partial charge in [0, 0.05) is 6.20 Å². The highest BCUT2D eigenvalue weighted by Crippen LogP contribution is 2.21. The molecule has 0 atom stereocenters. The van der Waals surface area contributed by atoms with Crippen LogP contribution in [0.1, 0.15) is 5.56 Å². The number of hydrogen-bond donors (Lipinski definition) is 1. The predicted molar refractivity (Wildman–Crippen MR) is 50.1 cm³/mol. The van der Waals surface area contributed by atoms with E-state index >= 15 is 0 Å². The topological polar surface area (TPSA) is 71.8 Å². The van der Waals surface area contributed by atoms with Crippen LogP contribution in [-0.4, -0.2) is 21.3 Å². The smallest absolute Gasteiger partial charge is 0.296 e. The van der Waals surface area contributed by atoms with Crippen LogP contribution < -0.4 is 5.76 Å². The van der Waals surface area contributed by atoms with E-state index in [0.29, 0.717) is 0 Å². The zero-order valence-electron chi connectivity index (χ0n) is 8.28. The lowest BCUT2D eigenvalue weighted by atomic mass is 10.2. The number of pyridine rings is 1. The summed E-state index contributed by atoms with van der Waals surface area (Å²) in [5, 5.41) is 3.36. The van der Waals surface area contributed by atoms with Crippen molar-refractivity contribution >= 4 is 0 Å². The van der Waals surface area contributed by atoms with Crippen LogP contribution in [0.3, 0.4) is 0 Å². The lowest BCUT2D eigenvalue weighted by molar-refractivity contribution is -0.127. The molecule has 8 heteroatoms. The number of H-pyrrole nitrogens is 1. The lowest BCUT2D eigenvalue weighted by Crippen LogP contribution is -2.11. The summed E-state index contributed by atoms with van der Waals surface area (Å²) in [4.78, 5) is 16.7. The molecule has 2 heterocycles. The average molecular weight is 245 g/mol. The number of nitrogens with zero attached hydrogens (tertiary/aromatic N) is 2. The van der Waals surface area contributed by atoms with E-state index in [1.54, 1.807) is 0 Å². The maximum atomic E-state index is 12.1. The van der Waals surface area contributed by atoms with Crippen molar-refractivity contribution in [2.45, 2.75) is 12.6 Å². The second kappa shape index (κ2) is 4.04. The number of halogens is 3.